The molecule has 0 atom stereocenters. The highest BCUT2D eigenvalue weighted by Gasteiger charge is 2.04. The van der Waals surface area contributed by atoms with E-state index in [1.165, 1.54) is 0 Å². The molecular formula is C17H23NO3. The van der Waals surface area contributed by atoms with Crippen molar-refractivity contribution in [3.63, 3.8) is 0 Å². The Kier molecular flexibility index (Phi) is 5.69. The third kappa shape index (κ3) is 5.16. The fourth-order valence-corrected chi connectivity index (χ4v) is 1.89. The number of nitrogens with one attached hydrogen (secondary N) is 1. The first kappa shape index (κ1) is 15.4. The summed E-state index contributed by atoms with van der Waals surface area (Å²) in [5, 5.41) is 3.35. The van der Waals surface area contributed by atoms with Gasteiger partial charge in [0.1, 0.15) is 23.9 Å². The van der Waals surface area contributed by atoms with Gasteiger partial charge in [0.15, 0.2) is 0 Å². The van der Waals surface area contributed by atoms with Crippen molar-refractivity contribution < 1.29 is 13.9 Å². The number of rotatable bonds is 8. The van der Waals surface area contributed by atoms with Crippen molar-refractivity contribution in [2.75, 3.05) is 6.61 Å². The summed E-state index contributed by atoms with van der Waals surface area (Å²) in [5.41, 5.74) is 1.13. The summed E-state index contributed by atoms with van der Waals surface area (Å²) in [5.74, 6) is 2.41. The smallest absolute Gasteiger partial charge is 0.146 e. The van der Waals surface area contributed by atoms with Gasteiger partial charge in [0.05, 0.1) is 12.9 Å². The second-order valence-electron chi connectivity index (χ2n) is 5.15. The van der Waals surface area contributed by atoms with Crippen LogP contribution < -0.4 is 14.8 Å². The minimum atomic E-state index is 0.414. The lowest BCUT2D eigenvalue weighted by Gasteiger charge is -2.07. The molecule has 2 rings (SSSR count). The third-order valence-corrected chi connectivity index (χ3v) is 2.92. The second-order valence-corrected chi connectivity index (χ2v) is 5.15. The van der Waals surface area contributed by atoms with E-state index in [4.69, 9.17) is 13.9 Å². The van der Waals surface area contributed by atoms with E-state index in [2.05, 4.69) is 19.2 Å². The highest BCUT2D eigenvalue weighted by atomic mass is 16.5. The molecule has 4 heteroatoms. The maximum absolute atomic E-state index is 5.72. The molecule has 0 aliphatic heterocycles. The Morgan fingerprint density at radius 3 is 2.62 bits per heavy atom. The van der Waals surface area contributed by atoms with E-state index in [1.54, 1.807) is 6.26 Å². The summed E-state index contributed by atoms with van der Waals surface area (Å²) in [6.07, 6.45) is 1.77. The van der Waals surface area contributed by atoms with Gasteiger partial charge in [0.2, 0.25) is 0 Å². The van der Waals surface area contributed by atoms with E-state index < -0.39 is 0 Å². The van der Waals surface area contributed by atoms with Gasteiger partial charge in [-0.15, -0.1) is 0 Å². The summed E-state index contributed by atoms with van der Waals surface area (Å²) in [4.78, 5) is 0. The van der Waals surface area contributed by atoms with Crippen LogP contribution >= 0.6 is 0 Å². The highest BCUT2D eigenvalue weighted by molar-refractivity contribution is 5.33. The molecule has 1 aromatic heterocycles. The van der Waals surface area contributed by atoms with Crippen LogP contribution in [0.3, 0.4) is 0 Å². The topological polar surface area (TPSA) is 43.6 Å². The largest absolute Gasteiger partial charge is 0.494 e. The molecule has 0 aliphatic carbocycles. The van der Waals surface area contributed by atoms with Crippen molar-refractivity contribution in [2.24, 2.45) is 0 Å². The normalized spacial score (nSPS) is 10.9. The van der Waals surface area contributed by atoms with E-state index in [9.17, 15) is 0 Å². The third-order valence-electron chi connectivity index (χ3n) is 2.92. The summed E-state index contributed by atoms with van der Waals surface area (Å²) < 4.78 is 16.7. The first-order valence-electron chi connectivity index (χ1n) is 7.32. The van der Waals surface area contributed by atoms with Crippen molar-refractivity contribution >= 4 is 0 Å². The minimum absolute atomic E-state index is 0.414. The standard InChI is InChI=1S/C17H23NO3/c1-4-19-15-6-5-7-16(9-15)21-12-17-8-14(11-20-17)10-18-13(2)3/h5-9,11,13,18H,4,10,12H2,1-3H3. The molecule has 0 bridgehead atoms. The predicted octanol–water partition coefficient (Wildman–Crippen LogP) is 3.76. The lowest BCUT2D eigenvalue weighted by atomic mass is 10.3. The molecule has 4 nitrogen and oxygen atoms in total. The van der Waals surface area contributed by atoms with Crippen LogP contribution in [0.5, 0.6) is 11.5 Å². The van der Waals surface area contributed by atoms with Gasteiger partial charge in [0, 0.05) is 24.2 Å². The molecular weight excluding hydrogens is 266 g/mol. The average molecular weight is 289 g/mol. The number of benzene rings is 1. The molecule has 1 aromatic carbocycles. The van der Waals surface area contributed by atoms with E-state index in [0.29, 0.717) is 19.3 Å². The molecule has 1 heterocycles. The van der Waals surface area contributed by atoms with Crippen LogP contribution in [0.15, 0.2) is 41.0 Å². The molecule has 21 heavy (non-hydrogen) atoms. The van der Waals surface area contributed by atoms with Crippen molar-refractivity contribution in [2.45, 2.75) is 40.0 Å². The number of ether oxygens (including phenoxy) is 2. The molecule has 0 radical (unpaired) electrons. The summed E-state index contributed by atoms with van der Waals surface area (Å²) in [7, 11) is 0. The van der Waals surface area contributed by atoms with Crippen molar-refractivity contribution in [1.29, 1.82) is 0 Å². The van der Waals surface area contributed by atoms with Gasteiger partial charge in [-0.1, -0.05) is 19.9 Å². The Morgan fingerprint density at radius 2 is 1.90 bits per heavy atom. The molecule has 0 unspecified atom stereocenters. The van der Waals surface area contributed by atoms with E-state index in [-0.39, 0.29) is 0 Å². The van der Waals surface area contributed by atoms with Gasteiger partial charge in [-0.3, -0.25) is 0 Å². The molecule has 114 valence electrons. The predicted molar refractivity (Wildman–Crippen MR) is 82.6 cm³/mol. The van der Waals surface area contributed by atoms with E-state index >= 15 is 0 Å². The van der Waals surface area contributed by atoms with Crippen LogP contribution in [-0.2, 0) is 13.2 Å². The SMILES string of the molecule is CCOc1cccc(OCc2cc(CNC(C)C)co2)c1. The Morgan fingerprint density at radius 1 is 1.14 bits per heavy atom. The zero-order valence-electron chi connectivity index (χ0n) is 12.9. The Bertz CT molecular complexity index is 548. The zero-order valence-corrected chi connectivity index (χ0v) is 12.9. The maximum Gasteiger partial charge on any atom is 0.146 e. The molecule has 0 aliphatic rings. The lowest BCUT2D eigenvalue weighted by molar-refractivity contribution is 0.267. The van der Waals surface area contributed by atoms with Gasteiger partial charge in [-0.05, 0) is 25.1 Å². The van der Waals surface area contributed by atoms with E-state index in [1.807, 2.05) is 37.3 Å². The average Bonchev–Trinajstić information content (AvgIpc) is 2.92. The van der Waals surface area contributed by atoms with Gasteiger partial charge in [0.25, 0.3) is 0 Å². The van der Waals surface area contributed by atoms with Crippen LogP contribution in [0.2, 0.25) is 0 Å². The van der Waals surface area contributed by atoms with Crippen LogP contribution in [0.1, 0.15) is 32.1 Å². The summed E-state index contributed by atoms with van der Waals surface area (Å²) in [6, 6.07) is 10.1. The Hall–Kier alpha value is -1.94. The lowest BCUT2D eigenvalue weighted by Crippen LogP contribution is -2.21. The monoisotopic (exact) mass is 289 g/mol. The summed E-state index contributed by atoms with van der Waals surface area (Å²) >= 11 is 0. The molecule has 0 spiro atoms. The first-order valence-corrected chi connectivity index (χ1v) is 7.32. The minimum Gasteiger partial charge on any atom is -0.494 e. The van der Waals surface area contributed by atoms with Gasteiger partial charge >= 0.3 is 0 Å². The zero-order chi connectivity index (χ0) is 15.1. The van der Waals surface area contributed by atoms with Crippen molar-refractivity contribution in [1.82, 2.24) is 5.32 Å². The maximum atomic E-state index is 5.72. The highest BCUT2D eigenvalue weighted by Crippen LogP contribution is 2.20. The van der Waals surface area contributed by atoms with Crippen molar-refractivity contribution in [3.05, 3.63) is 47.9 Å². The number of hydrogen-bond donors (Lipinski definition) is 1. The van der Waals surface area contributed by atoms with E-state index in [0.717, 1.165) is 29.4 Å². The summed E-state index contributed by atoms with van der Waals surface area (Å²) in [6.45, 7) is 8.07. The molecule has 2 aromatic rings. The van der Waals surface area contributed by atoms with Crippen LogP contribution in [0, 0.1) is 0 Å². The van der Waals surface area contributed by atoms with Gasteiger partial charge < -0.3 is 19.2 Å². The van der Waals surface area contributed by atoms with Gasteiger partial charge in [-0.2, -0.15) is 0 Å². The molecule has 0 saturated heterocycles. The number of furan rings is 1. The quantitative estimate of drug-likeness (QED) is 0.803. The Balaban J connectivity index is 1.86. The van der Waals surface area contributed by atoms with Crippen molar-refractivity contribution in [3.8, 4) is 11.5 Å². The fraction of sp³-hybridized carbons (Fsp3) is 0.412. The fourth-order valence-electron chi connectivity index (χ4n) is 1.89. The van der Waals surface area contributed by atoms with Crippen LogP contribution in [0.25, 0.3) is 0 Å². The molecule has 0 fully saturated rings. The molecule has 0 saturated carbocycles. The number of hydrogen-bond acceptors (Lipinski definition) is 4. The molecule has 1 N–H and O–H groups in total. The first-order chi connectivity index (χ1) is 10.2. The molecule has 0 amide bonds. The second kappa shape index (κ2) is 7.74. The van der Waals surface area contributed by atoms with Crippen LogP contribution in [0.4, 0.5) is 0 Å². The Labute approximate surface area is 126 Å². The van der Waals surface area contributed by atoms with Gasteiger partial charge in [-0.25, -0.2) is 0 Å². The van der Waals surface area contributed by atoms with Crippen LogP contribution in [-0.4, -0.2) is 12.6 Å².